The van der Waals surface area contributed by atoms with Gasteiger partial charge in [-0.25, -0.2) is 0 Å². The van der Waals surface area contributed by atoms with Crippen LogP contribution in [0.25, 0.3) is 0 Å². The van der Waals surface area contributed by atoms with Gasteiger partial charge in [-0.3, -0.25) is 0 Å². The molecule has 3 heteroatoms. The Kier molecular flexibility index (Phi) is 6.51. The molecule has 1 atom stereocenters. The zero-order valence-electron chi connectivity index (χ0n) is 11.7. The maximum absolute atomic E-state index is 6.13. The minimum absolute atomic E-state index is 0.176. The van der Waals surface area contributed by atoms with E-state index in [0.29, 0.717) is 0 Å². The molecule has 2 nitrogen and oxygen atoms in total. The molecule has 0 amide bonds. The maximum atomic E-state index is 6.13. The van der Waals surface area contributed by atoms with Crippen LogP contribution in [0.2, 0.25) is 5.02 Å². The highest BCUT2D eigenvalue weighted by atomic mass is 35.5. The molecular formula is C15H25ClN2. The van der Waals surface area contributed by atoms with E-state index in [1.165, 1.54) is 24.1 Å². The average Bonchev–Trinajstić information content (AvgIpc) is 2.33. The zero-order valence-corrected chi connectivity index (χ0v) is 12.5. The molecular weight excluding hydrogens is 244 g/mol. The third kappa shape index (κ3) is 4.51. The Bertz CT molecular complexity index is 364. The van der Waals surface area contributed by atoms with Crippen LogP contribution < -0.4 is 10.6 Å². The van der Waals surface area contributed by atoms with Crippen molar-refractivity contribution in [2.75, 3.05) is 18.0 Å². The Balaban J connectivity index is 2.97. The average molecular weight is 269 g/mol. The molecule has 1 unspecified atom stereocenters. The van der Waals surface area contributed by atoms with Crippen LogP contribution in [0.5, 0.6) is 0 Å². The van der Waals surface area contributed by atoms with Crippen molar-refractivity contribution in [1.82, 2.24) is 0 Å². The molecule has 0 aliphatic carbocycles. The molecule has 0 heterocycles. The van der Waals surface area contributed by atoms with Gasteiger partial charge in [0.1, 0.15) is 0 Å². The summed E-state index contributed by atoms with van der Waals surface area (Å²) >= 11 is 6.13. The van der Waals surface area contributed by atoms with Gasteiger partial charge in [-0.05, 0) is 44.4 Å². The highest BCUT2D eigenvalue weighted by Crippen LogP contribution is 2.26. The van der Waals surface area contributed by atoms with E-state index in [0.717, 1.165) is 24.5 Å². The molecule has 2 N–H and O–H groups in total. The summed E-state index contributed by atoms with van der Waals surface area (Å²) in [6.07, 6.45) is 3.31. The highest BCUT2D eigenvalue weighted by Gasteiger charge is 2.11. The lowest BCUT2D eigenvalue weighted by molar-refractivity contribution is 0.710. The number of benzene rings is 1. The lowest BCUT2D eigenvalue weighted by Crippen LogP contribution is -2.26. The van der Waals surface area contributed by atoms with Gasteiger partial charge in [-0.1, -0.05) is 31.0 Å². The van der Waals surface area contributed by atoms with Crippen molar-refractivity contribution < 1.29 is 0 Å². The van der Waals surface area contributed by atoms with Gasteiger partial charge >= 0.3 is 0 Å². The summed E-state index contributed by atoms with van der Waals surface area (Å²) in [7, 11) is 0. The van der Waals surface area contributed by atoms with Crippen LogP contribution in [0.3, 0.4) is 0 Å². The molecule has 1 aromatic rings. The van der Waals surface area contributed by atoms with E-state index in [-0.39, 0.29) is 6.04 Å². The first-order chi connectivity index (χ1) is 8.58. The van der Waals surface area contributed by atoms with E-state index in [2.05, 4.69) is 30.9 Å². The summed E-state index contributed by atoms with van der Waals surface area (Å²) in [5.74, 6) is 0. The van der Waals surface area contributed by atoms with E-state index in [1.807, 2.05) is 13.0 Å². The SMILES string of the molecule is CCCCN(CC)c1cc(Cl)ccc1CC(C)N. The van der Waals surface area contributed by atoms with Crippen LogP contribution in [0, 0.1) is 0 Å². The van der Waals surface area contributed by atoms with Gasteiger partial charge in [-0.15, -0.1) is 0 Å². The number of hydrogen-bond donors (Lipinski definition) is 1. The number of nitrogens with two attached hydrogens (primary N) is 1. The molecule has 18 heavy (non-hydrogen) atoms. The first kappa shape index (κ1) is 15.3. The van der Waals surface area contributed by atoms with Crippen molar-refractivity contribution in [3.8, 4) is 0 Å². The number of anilines is 1. The molecule has 0 radical (unpaired) electrons. The van der Waals surface area contributed by atoms with Crippen LogP contribution in [0.4, 0.5) is 5.69 Å². The quantitative estimate of drug-likeness (QED) is 0.814. The second-order valence-corrected chi connectivity index (χ2v) is 5.32. The van der Waals surface area contributed by atoms with Crippen molar-refractivity contribution in [2.24, 2.45) is 5.73 Å². The lowest BCUT2D eigenvalue weighted by atomic mass is 10.0. The number of halogens is 1. The normalized spacial score (nSPS) is 12.5. The van der Waals surface area contributed by atoms with Gasteiger partial charge < -0.3 is 10.6 Å². The number of rotatable bonds is 7. The highest BCUT2D eigenvalue weighted by molar-refractivity contribution is 6.30. The number of unbranched alkanes of at least 4 members (excludes halogenated alkanes) is 1. The Morgan fingerprint density at radius 3 is 2.61 bits per heavy atom. The molecule has 0 aliphatic rings. The third-order valence-corrected chi connectivity index (χ3v) is 3.33. The molecule has 0 bridgehead atoms. The standard InChI is InChI=1S/C15H25ClN2/c1-4-6-9-18(5-2)15-11-14(16)8-7-13(15)10-12(3)17/h7-8,11-12H,4-6,9-10,17H2,1-3H3. The number of hydrogen-bond acceptors (Lipinski definition) is 2. The van der Waals surface area contributed by atoms with Gasteiger partial charge in [0, 0.05) is 29.8 Å². The van der Waals surface area contributed by atoms with Crippen molar-refractivity contribution in [1.29, 1.82) is 0 Å². The molecule has 1 aromatic carbocycles. The first-order valence-electron chi connectivity index (χ1n) is 6.87. The van der Waals surface area contributed by atoms with Crippen molar-refractivity contribution >= 4 is 17.3 Å². The Hall–Kier alpha value is -0.730. The van der Waals surface area contributed by atoms with Gasteiger partial charge in [0.25, 0.3) is 0 Å². The molecule has 102 valence electrons. The fourth-order valence-corrected chi connectivity index (χ4v) is 2.32. The summed E-state index contributed by atoms with van der Waals surface area (Å²) in [5, 5.41) is 0.799. The number of nitrogens with zero attached hydrogens (tertiary/aromatic N) is 1. The molecule has 0 saturated carbocycles. The monoisotopic (exact) mass is 268 g/mol. The Morgan fingerprint density at radius 1 is 1.33 bits per heavy atom. The minimum Gasteiger partial charge on any atom is -0.372 e. The van der Waals surface area contributed by atoms with Crippen LogP contribution in [-0.2, 0) is 6.42 Å². The largest absolute Gasteiger partial charge is 0.372 e. The smallest absolute Gasteiger partial charge is 0.0426 e. The van der Waals surface area contributed by atoms with Gasteiger partial charge in [0.05, 0.1) is 0 Å². The van der Waals surface area contributed by atoms with Gasteiger partial charge in [0.15, 0.2) is 0 Å². The van der Waals surface area contributed by atoms with E-state index in [1.54, 1.807) is 0 Å². The van der Waals surface area contributed by atoms with E-state index < -0.39 is 0 Å². The molecule has 0 spiro atoms. The predicted molar refractivity (Wildman–Crippen MR) is 81.6 cm³/mol. The van der Waals surface area contributed by atoms with E-state index >= 15 is 0 Å². The topological polar surface area (TPSA) is 29.3 Å². The predicted octanol–water partition coefficient (Wildman–Crippen LogP) is 3.86. The van der Waals surface area contributed by atoms with Crippen LogP contribution in [-0.4, -0.2) is 19.1 Å². The van der Waals surface area contributed by atoms with Crippen molar-refractivity contribution in [2.45, 2.75) is 46.1 Å². The molecule has 0 saturated heterocycles. The van der Waals surface area contributed by atoms with Crippen molar-refractivity contribution in [3.63, 3.8) is 0 Å². The molecule has 0 fully saturated rings. The van der Waals surface area contributed by atoms with E-state index in [4.69, 9.17) is 17.3 Å². The van der Waals surface area contributed by atoms with Crippen LogP contribution >= 0.6 is 11.6 Å². The fourth-order valence-electron chi connectivity index (χ4n) is 2.15. The summed E-state index contributed by atoms with van der Waals surface area (Å²) in [6, 6.07) is 6.31. The van der Waals surface area contributed by atoms with Crippen molar-refractivity contribution in [3.05, 3.63) is 28.8 Å². The van der Waals surface area contributed by atoms with Crippen LogP contribution in [0.15, 0.2) is 18.2 Å². The molecule has 1 rings (SSSR count). The maximum Gasteiger partial charge on any atom is 0.0426 e. The lowest BCUT2D eigenvalue weighted by Gasteiger charge is -2.26. The second-order valence-electron chi connectivity index (χ2n) is 4.89. The Morgan fingerprint density at radius 2 is 2.06 bits per heavy atom. The van der Waals surface area contributed by atoms with E-state index in [9.17, 15) is 0 Å². The second kappa shape index (κ2) is 7.65. The van der Waals surface area contributed by atoms with Crippen LogP contribution in [0.1, 0.15) is 39.2 Å². The van der Waals surface area contributed by atoms with Gasteiger partial charge in [-0.2, -0.15) is 0 Å². The minimum atomic E-state index is 0.176. The summed E-state index contributed by atoms with van der Waals surface area (Å²) in [4.78, 5) is 2.40. The fraction of sp³-hybridized carbons (Fsp3) is 0.600. The summed E-state index contributed by atoms with van der Waals surface area (Å²) in [5.41, 5.74) is 8.47. The van der Waals surface area contributed by atoms with Gasteiger partial charge in [0.2, 0.25) is 0 Å². The summed E-state index contributed by atoms with van der Waals surface area (Å²) < 4.78 is 0. The first-order valence-corrected chi connectivity index (χ1v) is 7.25. The molecule has 0 aromatic heterocycles. The summed E-state index contributed by atoms with van der Waals surface area (Å²) in [6.45, 7) is 8.53. The third-order valence-electron chi connectivity index (χ3n) is 3.09. The Labute approximate surface area is 116 Å². The molecule has 0 aliphatic heterocycles. The zero-order chi connectivity index (χ0) is 13.5.